The van der Waals surface area contributed by atoms with E-state index < -0.39 is 24.0 Å². The number of rotatable bonds is 7. The van der Waals surface area contributed by atoms with Crippen LogP contribution in [0.2, 0.25) is 0 Å². The second-order valence-corrected chi connectivity index (χ2v) is 5.41. The van der Waals surface area contributed by atoms with Crippen LogP contribution in [0.5, 0.6) is 0 Å². The zero-order chi connectivity index (χ0) is 13.7. The molecule has 2 atom stereocenters. The Bertz CT molecular complexity index is 299. The largest absolute Gasteiger partial charge is 0.467 e. The van der Waals surface area contributed by atoms with Gasteiger partial charge in [0, 0.05) is 0 Å². The van der Waals surface area contributed by atoms with E-state index in [0.29, 0.717) is 18.8 Å². The molecule has 1 aliphatic rings. The van der Waals surface area contributed by atoms with Crippen LogP contribution in [0.1, 0.15) is 39.5 Å². The molecule has 5 nitrogen and oxygen atoms in total. The van der Waals surface area contributed by atoms with Crippen molar-refractivity contribution < 1.29 is 19.4 Å². The number of hydrogen-bond donors (Lipinski definition) is 2. The number of esters is 1. The fourth-order valence-corrected chi connectivity index (χ4v) is 1.86. The predicted molar refractivity (Wildman–Crippen MR) is 66.7 cm³/mol. The van der Waals surface area contributed by atoms with E-state index in [4.69, 9.17) is 0 Å². The van der Waals surface area contributed by atoms with Gasteiger partial charge in [0.25, 0.3) is 0 Å². The molecule has 1 aliphatic carbocycles. The van der Waals surface area contributed by atoms with Crippen molar-refractivity contribution >= 4 is 11.9 Å². The minimum absolute atomic E-state index is 0.228. The Labute approximate surface area is 108 Å². The first kappa shape index (κ1) is 15.0. The summed E-state index contributed by atoms with van der Waals surface area (Å²) in [5.41, 5.74) is 0. The molecule has 0 bridgehead atoms. The average molecular weight is 257 g/mol. The zero-order valence-corrected chi connectivity index (χ0v) is 11.3. The van der Waals surface area contributed by atoms with E-state index in [1.165, 1.54) is 7.11 Å². The molecule has 5 heteroatoms. The normalized spacial score (nSPS) is 18.3. The zero-order valence-electron chi connectivity index (χ0n) is 11.3. The van der Waals surface area contributed by atoms with Gasteiger partial charge in [-0.05, 0) is 24.7 Å². The standard InChI is InChI=1S/C13H23NO4/c1-8(2)6-11(15)12(16)14-10(13(17)18-3)7-9-4-5-9/h8-11,15H,4-7H2,1-3H3,(H,14,16)/t10-,11-/m0/s1. The van der Waals surface area contributed by atoms with E-state index >= 15 is 0 Å². The molecule has 1 amide bonds. The lowest BCUT2D eigenvalue weighted by atomic mass is 10.0. The van der Waals surface area contributed by atoms with Crippen LogP contribution < -0.4 is 5.32 Å². The highest BCUT2D eigenvalue weighted by molar-refractivity contribution is 5.86. The lowest BCUT2D eigenvalue weighted by Crippen LogP contribution is -2.46. The average Bonchev–Trinajstić information content (AvgIpc) is 3.09. The number of hydrogen-bond acceptors (Lipinski definition) is 4. The van der Waals surface area contributed by atoms with Crippen molar-refractivity contribution in [2.75, 3.05) is 7.11 Å². The molecule has 0 aromatic heterocycles. The first-order valence-electron chi connectivity index (χ1n) is 6.50. The topological polar surface area (TPSA) is 75.6 Å². The summed E-state index contributed by atoms with van der Waals surface area (Å²) in [6.45, 7) is 3.86. The first-order chi connectivity index (χ1) is 8.43. The Morgan fingerprint density at radius 2 is 2.00 bits per heavy atom. The van der Waals surface area contributed by atoms with E-state index in [0.717, 1.165) is 12.8 Å². The van der Waals surface area contributed by atoms with Gasteiger partial charge in [-0.1, -0.05) is 26.7 Å². The molecular weight excluding hydrogens is 234 g/mol. The summed E-state index contributed by atoms with van der Waals surface area (Å²) < 4.78 is 4.67. The molecule has 0 saturated heterocycles. The predicted octanol–water partition coefficient (Wildman–Crippen LogP) is 0.851. The summed E-state index contributed by atoms with van der Waals surface area (Å²) >= 11 is 0. The fraction of sp³-hybridized carbons (Fsp3) is 0.846. The summed E-state index contributed by atoms with van der Waals surface area (Å²) in [6.07, 6.45) is 2.13. The maximum Gasteiger partial charge on any atom is 0.328 e. The van der Waals surface area contributed by atoms with Crippen LogP contribution in [0, 0.1) is 11.8 Å². The van der Waals surface area contributed by atoms with Crippen molar-refractivity contribution in [1.82, 2.24) is 5.32 Å². The monoisotopic (exact) mass is 257 g/mol. The van der Waals surface area contributed by atoms with Gasteiger partial charge >= 0.3 is 5.97 Å². The van der Waals surface area contributed by atoms with Gasteiger partial charge in [-0.25, -0.2) is 4.79 Å². The third-order valence-electron chi connectivity index (χ3n) is 3.07. The van der Waals surface area contributed by atoms with Crippen LogP contribution in [0.3, 0.4) is 0 Å². The van der Waals surface area contributed by atoms with Crippen molar-refractivity contribution in [1.29, 1.82) is 0 Å². The third kappa shape index (κ3) is 5.04. The molecule has 0 aliphatic heterocycles. The Balaban J connectivity index is 2.47. The van der Waals surface area contributed by atoms with Crippen LogP contribution in [0.25, 0.3) is 0 Å². The smallest absolute Gasteiger partial charge is 0.328 e. The molecule has 1 fully saturated rings. The van der Waals surface area contributed by atoms with Crippen molar-refractivity contribution in [3.8, 4) is 0 Å². The molecule has 0 aromatic rings. The summed E-state index contributed by atoms with van der Waals surface area (Å²) in [5, 5.41) is 12.3. The number of aliphatic hydroxyl groups is 1. The molecule has 2 N–H and O–H groups in total. The lowest BCUT2D eigenvalue weighted by molar-refractivity contribution is -0.146. The highest BCUT2D eigenvalue weighted by Crippen LogP contribution is 2.33. The minimum Gasteiger partial charge on any atom is -0.467 e. The third-order valence-corrected chi connectivity index (χ3v) is 3.07. The Hall–Kier alpha value is -1.10. The number of methoxy groups -OCH3 is 1. The van der Waals surface area contributed by atoms with E-state index in [9.17, 15) is 14.7 Å². The van der Waals surface area contributed by atoms with Gasteiger partial charge in [0.05, 0.1) is 7.11 Å². The second-order valence-electron chi connectivity index (χ2n) is 5.41. The fourth-order valence-electron chi connectivity index (χ4n) is 1.86. The van der Waals surface area contributed by atoms with E-state index in [-0.39, 0.29) is 5.92 Å². The van der Waals surface area contributed by atoms with Gasteiger partial charge in [0.15, 0.2) is 0 Å². The van der Waals surface area contributed by atoms with Crippen LogP contribution >= 0.6 is 0 Å². The molecule has 1 rings (SSSR count). The van der Waals surface area contributed by atoms with Gasteiger partial charge < -0.3 is 15.2 Å². The van der Waals surface area contributed by atoms with Crippen molar-refractivity contribution in [3.63, 3.8) is 0 Å². The summed E-state index contributed by atoms with van der Waals surface area (Å²) in [5.74, 6) is -0.200. The Morgan fingerprint density at radius 1 is 1.39 bits per heavy atom. The van der Waals surface area contributed by atoms with Crippen molar-refractivity contribution in [2.24, 2.45) is 11.8 Å². The van der Waals surface area contributed by atoms with Crippen LogP contribution in [0.15, 0.2) is 0 Å². The molecule has 0 heterocycles. The number of nitrogens with one attached hydrogen (secondary N) is 1. The quantitative estimate of drug-likeness (QED) is 0.663. The molecule has 0 radical (unpaired) electrons. The highest BCUT2D eigenvalue weighted by Gasteiger charge is 2.32. The molecule has 0 spiro atoms. The Morgan fingerprint density at radius 3 is 2.44 bits per heavy atom. The van der Waals surface area contributed by atoms with Gasteiger partial charge in [0.2, 0.25) is 5.91 Å². The summed E-state index contributed by atoms with van der Waals surface area (Å²) in [4.78, 5) is 23.3. The van der Waals surface area contributed by atoms with E-state index in [2.05, 4.69) is 10.1 Å². The maximum atomic E-state index is 11.7. The Kier molecular flexibility index (Phi) is 5.59. The molecular formula is C13H23NO4. The number of aliphatic hydroxyl groups excluding tert-OH is 1. The maximum absolute atomic E-state index is 11.7. The van der Waals surface area contributed by atoms with Gasteiger partial charge in [-0.2, -0.15) is 0 Å². The highest BCUT2D eigenvalue weighted by atomic mass is 16.5. The van der Waals surface area contributed by atoms with Crippen molar-refractivity contribution in [2.45, 2.75) is 51.7 Å². The number of amides is 1. The number of carbonyl (C=O) groups is 2. The SMILES string of the molecule is COC(=O)[C@H](CC1CC1)NC(=O)[C@@H](O)CC(C)C. The number of ether oxygens (including phenoxy) is 1. The van der Waals surface area contributed by atoms with Gasteiger partial charge in [-0.15, -0.1) is 0 Å². The van der Waals surface area contributed by atoms with Gasteiger partial charge in [0.1, 0.15) is 12.1 Å². The first-order valence-corrected chi connectivity index (χ1v) is 6.50. The number of carbonyl (C=O) groups excluding carboxylic acids is 2. The van der Waals surface area contributed by atoms with Crippen LogP contribution in [-0.4, -0.2) is 36.2 Å². The molecule has 1 saturated carbocycles. The van der Waals surface area contributed by atoms with Crippen molar-refractivity contribution in [3.05, 3.63) is 0 Å². The van der Waals surface area contributed by atoms with Crippen LogP contribution in [-0.2, 0) is 14.3 Å². The summed E-state index contributed by atoms with van der Waals surface area (Å²) in [6, 6.07) is -0.628. The molecule has 104 valence electrons. The summed E-state index contributed by atoms with van der Waals surface area (Å²) in [7, 11) is 1.30. The van der Waals surface area contributed by atoms with E-state index in [1.807, 2.05) is 13.8 Å². The molecule has 0 aromatic carbocycles. The molecule has 0 unspecified atom stereocenters. The minimum atomic E-state index is -1.06. The second kappa shape index (κ2) is 6.73. The molecule has 18 heavy (non-hydrogen) atoms. The van der Waals surface area contributed by atoms with Gasteiger partial charge in [-0.3, -0.25) is 4.79 Å². The lowest BCUT2D eigenvalue weighted by Gasteiger charge is -2.19. The van der Waals surface area contributed by atoms with E-state index in [1.54, 1.807) is 0 Å². The van der Waals surface area contributed by atoms with Crippen LogP contribution in [0.4, 0.5) is 0 Å².